The molecule has 1 aliphatic rings. The summed E-state index contributed by atoms with van der Waals surface area (Å²) in [5, 5.41) is 3.74. The fourth-order valence-electron chi connectivity index (χ4n) is 1.73. The Morgan fingerprint density at radius 1 is 1.60 bits per heavy atom. The number of nitrogens with one attached hydrogen (secondary N) is 1. The first-order chi connectivity index (χ1) is 7.15. The molecule has 0 radical (unpaired) electrons. The van der Waals surface area contributed by atoms with Gasteiger partial charge in [0.25, 0.3) is 0 Å². The highest BCUT2D eigenvalue weighted by atomic mass is 79.9. The van der Waals surface area contributed by atoms with Crippen LogP contribution in [0.25, 0.3) is 0 Å². The molecule has 4 heteroatoms. The number of hydrogen-bond acceptors (Lipinski definition) is 2. The highest BCUT2D eigenvalue weighted by Crippen LogP contribution is 2.32. The summed E-state index contributed by atoms with van der Waals surface area (Å²) in [6.07, 6.45) is 4.12. The lowest BCUT2D eigenvalue weighted by Crippen LogP contribution is -2.30. The third kappa shape index (κ3) is 2.85. The van der Waals surface area contributed by atoms with E-state index >= 15 is 0 Å². The van der Waals surface area contributed by atoms with Crippen molar-refractivity contribution in [2.75, 3.05) is 11.9 Å². The van der Waals surface area contributed by atoms with Crippen LogP contribution in [0.3, 0.4) is 0 Å². The summed E-state index contributed by atoms with van der Waals surface area (Å²) in [6.45, 7) is 3.00. The lowest BCUT2D eigenvalue weighted by atomic mass is 9.85. The Balaban J connectivity index is 1.88. The van der Waals surface area contributed by atoms with Gasteiger partial charge in [-0.2, -0.15) is 0 Å². The number of halogens is 2. The number of alkyl halides is 1. The molecule has 82 valence electrons. The molecule has 0 saturated heterocycles. The molecule has 1 aromatic heterocycles. The molecule has 0 atom stereocenters. The summed E-state index contributed by atoms with van der Waals surface area (Å²) in [6, 6.07) is 2.07. The van der Waals surface area contributed by atoms with Crippen LogP contribution in [-0.4, -0.2) is 16.9 Å². The van der Waals surface area contributed by atoms with Gasteiger partial charge in [-0.1, -0.05) is 0 Å². The quantitative estimate of drug-likeness (QED) is 0.860. The number of aryl methyl sites for hydroxylation is 1. The molecule has 0 spiro atoms. The minimum absolute atomic E-state index is 0.395. The summed E-state index contributed by atoms with van der Waals surface area (Å²) >= 11 is 9.42. The zero-order valence-electron chi connectivity index (χ0n) is 8.63. The van der Waals surface area contributed by atoms with Gasteiger partial charge in [0.15, 0.2) is 0 Å². The maximum absolute atomic E-state index is 5.92. The molecule has 0 aliphatic heterocycles. The average Bonchev–Trinajstić information content (AvgIpc) is 2.13. The van der Waals surface area contributed by atoms with Crippen molar-refractivity contribution >= 4 is 33.3 Å². The van der Waals surface area contributed by atoms with Crippen molar-refractivity contribution < 1.29 is 0 Å². The summed E-state index contributed by atoms with van der Waals surface area (Å²) < 4.78 is 1.03. The molecule has 0 bridgehead atoms. The Bertz CT molecular complexity index is 350. The van der Waals surface area contributed by atoms with Crippen LogP contribution in [-0.2, 0) is 0 Å². The fraction of sp³-hybridized carbons (Fsp3) is 0.545. The highest BCUT2D eigenvalue weighted by molar-refractivity contribution is 9.10. The van der Waals surface area contributed by atoms with Gasteiger partial charge < -0.3 is 5.32 Å². The number of pyridine rings is 1. The first-order valence-corrected chi connectivity index (χ1v) is 6.38. The smallest absolute Gasteiger partial charge is 0.140 e. The molecule has 1 heterocycles. The third-order valence-corrected chi connectivity index (χ3v) is 3.68. The van der Waals surface area contributed by atoms with E-state index < -0.39 is 0 Å². The minimum atomic E-state index is 0.395. The van der Waals surface area contributed by atoms with Crippen LogP contribution in [0.2, 0.25) is 0 Å². The van der Waals surface area contributed by atoms with Crippen molar-refractivity contribution in [3.8, 4) is 0 Å². The monoisotopic (exact) mass is 288 g/mol. The van der Waals surface area contributed by atoms with Gasteiger partial charge in [0.05, 0.1) is 4.47 Å². The second-order valence-electron chi connectivity index (χ2n) is 4.16. The second kappa shape index (κ2) is 4.71. The molecule has 2 nitrogen and oxygen atoms in total. The number of anilines is 1. The zero-order valence-corrected chi connectivity index (χ0v) is 11.0. The van der Waals surface area contributed by atoms with Crippen molar-refractivity contribution in [2.24, 2.45) is 5.92 Å². The van der Waals surface area contributed by atoms with E-state index in [-0.39, 0.29) is 0 Å². The predicted molar refractivity (Wildman–Crippen MR) is 67.5 cm³/mol. The van der Waals surface area contributed by atoms with Gasteiger partial charge in [-0.05, 0) is 53.2 Å². The maximum Gasteiger partial charge on any atom is 0.140 e. The summed E-state index contributed by atoms with van der Waals surface area (Å²) in [4.78, 5) is 4.34. The van der Waals surface area contributed by atoms with Crippen molar-refractivity contribution in [1.29, 1.82) is 0 Å². The van der Waals surface area contributed by atoms with Gasteiger partial charge in [-0.25, -0.2) is 4.98 Å². The topological polar surface area (TPSA) is 24.9 Å². The Morgan fingerprint density at radius 2 is 2.33 bits per heavy atom. The minimum Gasteiger partial charge on any atom is -0.369 e. The summed E-state index contributed by atoms with van der Waals surface area (Å²) in [5.41, 5.74) is 1.16. The Hall–Kier alpha value is -0.280. The van der Waals surface area contributed by atoms with Crippen LogP contribution in [0.5, 0.6) is 0 Å². The van der Waals surface area contributed by atoms with Gasteiger partial charge in [0, 0.05) is 18.1 Å². The van der Waals surface area contributed by atoms with Crippen molar-refractivity contribution in [2.45, 2.75) is 25.1 Å². The third-order valence-electron chi connectivity index (χ3n) is 2.71. The fourth-order valence-corrected chi connectivity index (χ4v) is 2.83. The molecule has 1 N–H and O–H groups in total. The van der Waals surface area contributed by atoms with E-state index in [4.69, 9.17) is 11.6 Å². The highest BCUT2D eigenvalue weighted by Gasteiger charge is 2.26. The van der Waals surface area contributed by atoms with Crippen LogP contribution in [0, 0.1) is 12.8 Å². The van der Waals surface area contributed by atoms with E-state index in [1.54, 1.807) is 0 Å². The normalized spacial score (nSPS) is 24.7. The maximum atomic E-state index is 5.92. The standard InChI is InChI=1S/C11H14BrClN2/c1-7-2-10(12)11(14-5-7)15-6-8-3-9(13)4-8/h2,5,8-9H,3-4,6H2,1H3,(H,14,15). The average molecular weight is 290 g/mol. The van der Waals surface area contributed by atoms with E-state index in [0.29, 0.717) is 11.3 Å². The number of nitrogens with zero attached hydrogens (tertiary/aromatic N) is 1. The molecule has 0 amide bonds. The van der Waals surface area contributed by atoms with Crippen molar-refractivity contribution in [3.05, 3.63) is 22.3 Å². The van der Waals surface area contributed by atoms with Crippen LogP contribution < -0.4 is 5.32 Å². The molecule has 15 heavy (non-hydrogen) atoms. The largest absolute Gasteiger partial charge is 0.369 e. The van der Waals surface area contributed by atoms with E-state index in [0.717, 1.165) is 35.2 Å². The molecule has 2 rings (SSSR count). The molecular formula is C11H14BrClN2. The van der Waals surface area contributed by atoms with Crippen molar-refractivity contribution in [3.63, 3.8) is 0 Å². The van der Waals surface area contributed by atoms with Gasteiger partial charge in [0.1, 0.15) is 5.82 Å². The Kier molecular flexibility index (Phi) is 3.52. The molecular weight excluding hydrogens is 275 g/mol. The van der Waals surface area contributed by atoms with Gasteiger partial charge in [-0.3, -0.25) is 0 Å². The number of aromatic nitrogens is 1. The van der Waals surface area contributed by atoms with Gasteiger partial charge in [-0.15, -0.1) is 11.6 Å². The SMILES string of the molecule is Cc1cnc(NCC2CC(Cl)C2)c(Br)c1. The lowest BCUT2D eigenvalue weighted by Gasteiger charge is -2.31. The van der Waals surface area contributed by atoms with E-state index in [1.165, 1.54) is 0 Å². The first-order valence-electron chi connectivity index (χ1n) is 5.15. The molecule has 1 saturated carbocycles. The molecule has 0 aromatic carbocycles. The molecule has 0 unspecified atom stereocenters. The number of rotatable bonds is 3. The zero-order chi connectivity index (χ0) is 10.8. The van der Waals surface area contributed by atoms with Crippen LogP contribution >= 0.6 is 27.5 Å². The van der Waals surface area contributed by atoms with Crippen LogP contribution in [0.1, 0.15) is 18.4 Å². The van der Waals surface area contributed by atoms with Crippen molar-refractivity contribution in [1.82, 2.24) is 4.98 Å². The second-order valence-corrected chi connectivity index (χ2v) is 5.63. The number of hydrogen-bond donors (Lipinski definition) is 1. The van der Waals surface area contributed by atoms with E-state index in [1.807, 2.05) is 13.1 Å². The van der Waals surface area contributed by atoms with Gasteiger partial charge >= 0.3 is 0 Å². The van der Waals surface area contributed by atoms with E-state index in [2.05, 4.69) is 32.3 Å². The lowest BCUT2D eigenvalue weighted by molar-refractivity contribution is 0.341. The Labute approximate surface area is 104 Å². The summed E-state index contributed by atoms with van der Waals surface area (Å²) in [5.74, 6) is 1.64. The molecule has 1 aliphatic carbocycles. The predicted octanol–water partition coefficient (Wildman–Crippen LogP) is 3.58. The van der Waals surface area contributed by atoms with E-state index in [9.17, 15) is 0 Å². The molecule has 1 aromatic rings. The van der Waals surface area contributed by atoms with Crippen LogP contribution in [0.4, 0.5) is 5.82 Å². The Morgan fingerprint density at radius 3 is 2.93 bits per heavy atom. The van der Waals surface area contributed by atoms with Gasteiger partial charge in [0.2, 0.25) is 0 Å². The molecule has 1 fully saturated rings. The first kappa shape index (κ1) is 11.2. The van der Waals surface area contributed by atoms with Crippen LogP contribution in [0.15, 0.2) is 16.7 Å². The summed E-state index contributed by atoms with van der Waals surface area (Å²) in [7, 11) is 0.